The predicted molar refractivity (Wildman–Crippen MR) is 337 cm³/mol. The fraction of sp³-hybridized carbons (Fsp3) is 0.986. The molecule has 0 radical (unpaired) electrons. The normalized spacial score (nSPS) is 23.7. The van der Waals surface area contributed by atoms with Gasteiger partial charge < -0.3 is 65.1 Å². The topological polar surface area (TPSA) is 228 Å². The van der Waals surface area contributed by atoms with Crippen molar-refractivity contribution in [3.05, 3.63) is 0 Å². The van der Waals surface area contributed by atoms with Crippen LogP contribution < -0.4 is 5.32 Å². The van der Waals surface area contributed by atoms with Gasteiger partial charge in [0.1, 0.15) is 48.8 Å². The van der Waals surface area contributed by atoms with E-state index in [1.54, 1.807) is 0 Å². The molecule has 0 aromatic heterocycles. The van der Waals surface area contributed by atoms with Crippen LogP contribution in [0.2, 0.25) is 0 Å². The SMILES string of the molecule is CCCCCCCCCCCCCCCCCCCCCCCCCCCCCCCCC(O)C(COC1OC(CO)C(OC2OC(CO)C(O)C(O)C2O)C(O)C1O)NC(=O)CCCCCCCCCCCCCCCCCCCCC. The zero-order valence-electron chi connectivity index (χ0n) is 53.7. The second-order valence-electron chi connectivity index (χ2n) is 25.7. The molecule has 2 heterocycles. The minimum Gasteiger partial charge on any atom is -0.394 e. The minimum atomic E-state index is -1.78. The van der Waals surface area contributed by atoms with Gasteiger partial charge in [-0.15, -0.1) is 0 Å². The molecular weight excluding hydrogens is 1050 g/mol. The van der Waals surface area contributed by atoms with Crippen molar-refractivity contribution in [3.63, 3.8) is 0 Å². The third kappa shape index (κ3) is 39.6. The fourth-order valence-corrected chi connectivity index (χ4v) is 12.4. The second-order valence-corrected chi connectivity index (χ2v) is 25.7. The molecule has 494 valence electrons. The van der Waals surface area contributed by atoms with Gasteiger partial charge in [0, 0.05) is 6.42 Å². The summed E-state index contributed by atoms with van der Waals surface area (Å²) in [5.74, 6) is -0.197. The molecular formula is C69H135NO13. The Morgan fingerprint density at radius 3 is 1.02 bits per heavy atom. The van der Waals surface area contributed by atoms with Crippen LogP contribution in [-0.4, -0.2) is 140 Å². The van der Waals surface area contributed by atoms with Crippen LogP contribution >= 0.6 is 0 Å². The van der Waals surface area contributed by atoms with Gasteiger partial charge in [-0.05, 0) is 12.8 Å². The Balaban J connectivity index is 1.64. The second kappa shape index (κ2) is 55.1. The number of amides is 1. The van der Waals surface area contributed by atoms with Crippen LogP contribution in [0, 0.1) is 0 Å². The Hall–Kier alpha value is -1.01. The first-order valence-electron chi connectivity index (χ1n) is 35.8. The first-order valence-corrected chi connectivity index (χ1v) is 35.8. The molecule has 0 saturated carbocycles. The number of hydrogen-bond donors (Lipinski definition) is 9. The fourth-order valence-electron chi connectivity index (χ4n) is 12.4. The summed E-state index contributed by atoms with van der Waals surface area (Å²) in [4.78, 5) is 13.3. The lowest BCUT2D eigenvalue weighted by molar-refractivity contribution is -0.359. The van der Waals surface area contributed by atoms with Crippen LogP contribution in [0.1, 0.15) is 341 Å². The Labute approximate surface area is 508 Å². The van der Waals surface area contributed by atoms with E-state index in [0.29, 0.717) is 12.8 Å². The molecule has 12 unspecified atom stereocenters. The van der Waals surface area contributed by atoms with Gasteiger partial charge in [-0.1, -0.05) is 322 Å². The average Bonchev–Trinajstić information content (AvgIpc) is 3.59. The molecule has 0 bridgehead atoms. The van der Waals surface area contributed by atoms with Crippen LogP contribution in [0.5, 0.6) is 0 Å². The summed E-state index contributed by atoms with van der Waals surface area (Å²) < 4.78 is 22.9. The first-order chi connectivity index (χ1) is 40.6. The van der Waals surface area contributed by atoms with Crippen molar-refractivity contribution < 1.29 is 64.6 Å². The number of rotatable bonds is 60. The highest BCUT2D eigenvalue weighted by atomic mass is 16.7. The van der Waals surface area contributed by atoms with Crippen molar-refractivity contribution in [3.8, 4) is 0 Å². The van der Waals surface area contributed by atoms with E-state index in [1.165, 1.54) is 263 Å². The van der Waals surface area contributed by atoms with E-state index in [1.807, 2.05) is 0 Å². The van der Waals surface area contributed by atoms with Crippen LogP contribution in [0.3, 0.4) is 0 Å². The third-order valence-electron chi connectivity index (χ3n) is 18.1. The molecule has 1 amide bonds. The highest BCUT2D eigenvalue weighted by Gasteiger charge is 2.51. The lowest BCUT2D eigenvalue weighted by Gasteiger charge is -2.46. The summed E-state index contributed by atoms with van der Waals surface area (Å²) in [5, 5.41) is 87.6. The smallest absolute Gasteiger partial charge is 0.220 e. The van der Waals surface area contributed by atoms with Crippen molar-refractivity contribution in [1.29, 1.82) is 0 Å². The van der Waals surface area contributed by atoms with Crippen LogP contribution in [0.25, 0.3) is 0 Å². The summed E-state index contributed by atoms with van der Waals surface area (Å²) in [5.41, 5.74) is 0. The molecule has 14 nitrogen and oxygen atoms in total. The molecule has 0 aromatic rings. The summed E-state index contributed by atoms with van der Waals surface area (Å²) >= 11 is 0. The zero-order chi connectivity index (χ0) is 60.2. The lowest BCUT2D eigenvalue weighted by atomic mass is 9.97. The number of nitrogens with one attached hydrogen (secondary N) is 1. The van der Waals surface area contributed by atoms with E-state index in [4.69, 9.17) is 18.9 Å². The predicted octanol–water partition coefficient (Wildman–Crippen LogP) is 14.4. The monoisotopic (exact) mass is 1190 g/mol. The minimum absolute atomic E-state index is 0.197. The van der Waals surface area contributed by atoms with Gasteiger partial charge in [-0.25, -0.2) is 0 Å². The van der Waals surface area contributed by atoms with Gasteiger partial charge in [0.25, 0.3) is 0 Å². The largest absolute Gasteiger partial charge is 0.394 e. The molecule has 2 rings (SSSR count). The van der Waals surface area contributed by atoms with Crippen molar-refractivity contribution >= 4 is 5.91 Å². The Morgan fingerprint density at radius 1 is 0.386 bits per heavy atom. The average molecular weight is 1190 g/mol. The molecule has 2 saturated heterocycles. The lowest BCUT2D eigenvalue weighted by Crippen LogP contribution is -2.65. The van der Waals surface area contributed by atoms with Gasteiger partial charge in [0.05, 0.1) is 32.0 Å². The van der Waals surface area contributed by atoms with E-state index in [-0.39, 0.29) is 12.5 Å². The molecule has 0 aromatic carbocycles. The highest BCUT2D eigenvalue weighted by molar-refractivity contribution is 5.76. The van der Waals surface area contributed by atoms with Gasteiger partial charge in [0.2, 0.25) is 5.91 Å². The van der Waals surface area contributed by atoms with E-state index >= 15 is 0 Å². The van der Waals surface area contributed by atoms with E-state index in [9.17, 15) is 45.6 Å². The molecule has 2 aliphatic heterocycles. The van der Waals surface area contributed by atoms with Crippen molar-refractivity contribution in [1.82, 2.24) is 5.32 Å². The van der Waals surface area contributed by atoms with E-state index < -0.39 is 86.8 Å². The molecule has 2 aliphatic rings. The summed E-state index contributed by atoms with van der Waals surface area (Å²) in [6.45, 7) is 2.93. The van der Waals surface area contributed by atoms with Crippen LogP contribution in [0.15, 0.2) is 0 Å². The van der Waals surface area contributed by atoms with Crippen LogP contribution in [0.4, 0.5) is 0 Å². The quantitative estimate of drug-likeness (QED) is 0.0259. The first kappa shape index (κ1) is 78.1. The Morgan fingerprint density at radius 2 is 0.687 bits per heavy atom. The third-order valence-corrected chi connectivity index (χ3v) is 18.1. The van der Waals surface area contributed by atoms with E-state index in [2.05, 4.69) is 19.2 Å². The van der Waals surface area contributed by atoms with Crippen molar-refractivity contribution in [2.45, 2.75) is 415 Å². The summed E-state index contributed by atoms with van der Waals surface area (Å²) in [6, 6.07) is -0.824. The molecule has 2 fully saturated rings. The van der Waals surface area contributed by atoms with Gasteiger partial charge in [0.15, 0.2) is 12.6 Å². The molecule has 14 heteroatoms. The zero-order valence-corrected chi connectivity index (χ0v) is 53.7. The number of aliphatic hydroxyl groups is 8. The maximum absolute atomic E-state index is 13.3. The van der Waals surface area contributed by atoms with Crippen molar-refractivity contribution in [2.75, 3.05) is 19.8 Å². The van der Waals surface area contributed by atoms with Crippen molar-refractivity contribution in [2.24, 2.45) is 0 Å². The maximum atomic E-state index is 13.3. The molecule has 0 spiro atoms. The molecule has 12 atom stereocenters. The number of carbonyl (C=O) groups is 1. The molecule has 9 N–H and O–H groups in total. The number of aliphatic hydroxyl groups excluding tert-OH is 8. The Kier molecular flexibility index (Phi) is 51.8. The summed E-state index contributed by atoms with van der Waals surface area (Å²) in [7, 11) is 0. The number of hydrogen-bond acceptors (Lipinski definition) is 13. The number of ether oxygens (including phenoxy) is 4. The van der Waals surface area contributed by atoms with Gasteiger partial charge in [-0.2, -0.15) is 0 Å². The molecule has 0 aliphatic carbocycles. The summed E-state index contributed by atoms with van der Waals surface area (Å²) in [6.07, 6.45) is 48.4. The standard InChI is InChI=1S/C69H135NO13/c1-3-5-7-9-11-13-15-17-19-21-23-24-25-26-27-28-29-30-31-32-33-35-36-38-40-42-44-46-48-50-52-58(73)57(70-61(74)53-51-49-47-45-43-41-39-37-34-22-20-18-16-14-12-10-8-6-4-2)56-80-68-66(79)64(77)67(60(55-72)82-68)83-69-65(78)63(76)62(75)59(54-71)81-69/h57-60,62-69,71-73,75-79H,3-56H2,1-2H3,(H,70,74). The maximum Gasteiger partial charge on any atom is 0.220 e. The Bertz CT molecular complexity index is 1400. The number of unbranched alkanes of at least 4 members (excludes halogenated alkanes) is 47. The molecule has 83 heavy (non-hydrogen) atoms. The van der Waals surface area contributed by atoms with Gasteiger partial charge in [-0.3, -0.25) is 4.79 Å². The van der Waals surface area contributed by atoms with Crippen LogP contribution in [-0.2, 0) is 23.7 Å². The van der Waals surface area contributed by atoms with E-state index in [0.717, 1.165) is 51.4 Å². The highest BCUT2D eigenvalue weighted by Crippen LogP contribution is 2.30. The van der Waals surface area contributed by atoms with Gasteiger partial charge >= 0.3 is 0 Å². The number of carbonyl (C=O) groups excluding carboxylic acids is 1.